The van der Waals surface area contributed by atoms with Crippen molar-refractivity contribution in [2.75, 3.05) is 19.7 Å². The van der Waals surface area contributed by atoms with Gasteiger partial charge in [-0.1, -0.05) is 32.0 Å². The molecule has 3 nitrogen and oxygen atoms in total. The Morgan fingerprint density at radius 3 is 2.24 bits per heavy atom. The minimum atomic E-state index is -2.89. The van der Waals surface area contributed by atoms with Gasteiger partial charge in [0.25, 0.3) is 0 Å². The van der Waals surface area contributed by atoms with E-state index >= 15 is 0 Å². The highest BCUT2D eigenvalue weighted by molar-refractivity contribution is 7.64. The van der Waals surface area contributed by atoms with Crippen LogP contribution in [0.3, 0.4) is 0 Å². The Morgan fingerprint density at radius 1 is 1.18 bits per heavy atom. The van der Waals surface area contributed by atoms with Crippen LogP contribution in [0.4, 0.5) is 0 Å². The Labute approximate surface area is 104 Å². The molecule has 0 saturated carbocycles. The maximum Gasteiger partial charge on any atom is 0.302 e. The molecule has 0 aliphatic carbocycles. The quantitative estimate of drug-likeness (QED) is 0.731. The molecule has 96 valence electrons. The molecule has 1 unspecified atom stereocenters. The van der Waals surface area contributed by atoms with Gasteiger partial charge in [0.2, 0.25) is 0 Å². The molecule has 0 bridgehead atoms. The summed E-state index contributed by atoms with van der Waals surface area (Å²) in [4.78, 5) is 0. The minimum Gasteiger partial charge on any atom is -0.314 e. The average Bonchev–Trinajstić information content (AvgIpc) is 2.31. The second-order valence-corrected chi connectivity index (χ2v) is 6.21. The number of hydrogen-bond acceptors (Lipinski definition) is 2. The van der Waals surface area contributed by atoms with Crippen molar-refractivity contribution in [3.8, 4) is 0 Å². The lowest BCUT2D eigenvalue weighted by atomic mass is 10.2. The molecule has 1 atom stereocenters. The summed E-state index contributed by atoms with van der Waals surface area (Å²) in [5.41, 5.74) is 1.02. The van der Waals surface area contributed by atoms with Crippen LogP contribution in [0.5, 0.6) is 0 Å². The molecule has 0 radical (unpaired) electrons. The van der Waals surface area contributed by atoms with E-state index in [0.29, 0.717) is 6.61 Å². The van der Waals surface area contributed by atoms with Gasteiger partial charge in [0, 0.05) is 13.1 Å². The highest BCUT2D eigenvalue weighted by Gasteiger charge is 2.32. The van der Waals surface area contributed by atoms with Crippen LogP contribution in [-0.4, -0.2) is 24.4 Å². The van der Waals surface area contributed by atoms with Crippen molar-refractivity contribution in [1.82, 2.24) is 4.67 Å². The standard InChI is InChI=1S/C13H22NO2P/c1-5-14(6-2)17(15,16-7-3)13-11-9-8-10-12(13)4/h8-11H,5-7H2,1-4H3. The molecule has 0 aliphatic rings. The molecule has 0 fully saturated rings. The predicted molar refractivity (Wildman–Crippen MR) is 73.0 cm³/mol. The van der Waals surface area contributed by atoms with Crippen molar-refractivity contribution in [3.63, 3.8) is 0 Å². The van der Waals surface area contributed by atoms with Gasteiger partial charge in [-0.2, -0.15) is 0 Å². The average molecular weight is 255 g/mol. The van der Waals surface area contributed by atoms with E-state index in [2.05, 4.69) is 0 Å². The summed E-state index contributed by atoms with van der Waals surface area (Å²) >= 11 is 0. The third-order valence-corrected chi connectivity index (χ3v) is 5.86. The topological polar surface area (TPSA) is 29.5 Å². The lowest BCUT2D eigenvalue weighted by Crippen LogP contribution is -2.28. The van der Waals surface area contributed by atoms with Gasteiger partial charge >= 0.3 is 7.52 Å². The van der Waals surface area contributed by atoms with E-state index in [-0.39, 0.29) is 0 Å². The summed E-state index contributed by atoms with van der Waals surface area (Å²) in [5.74, 6) is 0. The Bertz CT molecular complexity index is 402. The lowest BCUT2D eigenvalue weighted by Gasteiger charge is -2.30. The van der Waals surface area contributed by atoms with Crippen LogP contribution >= 0.6 is 7.52 Å². The van der Waals surface area contributed by atoms with E-state index < -0.39 is 7.52 Å². The van der Waals surface area contributed by atoms with Crippen LogP contribution in [0, 0.1) is 6.92 Å². The number of hydrogen-bond donors (Lipinski definition) is 0. The van der Waals surface area contributed by atoms with E-state index in [9.17, 15) is 4.57 Å². The van der Waals surface area contributed by atoms with Crippen molar-refractivity contribution < 1.29 is 9.09 Å². The minimum absolute atomic E-state index is 0.460. The highest BCUT2D eigenvalue weighted by atomic mass is 31.2. The third-order valence-electron chi connectivity index (χ3n) is 2.83. The summed E-state index contributed by atoms with van der Waals surface area (Å²) in [7, 11) is -2.89. The van der Waals surface area contributed by atoms with Gasteiger partial charge in [-0.05, 0) is 25.5 Å². The maximum absolute atomic E-state index is 13.1. The van der Waals surface area contributed by atoms with Crippen molar-refractivity contribution >= 4 is 12.8 Å². The fraction of sp³-hybridized carbons (Fsp3) is 0.538. The van der Waals surface area contributed by atoms with E-state index in [1.807, 2.05) is 56.6 Å². The summed E-state index contributed by atoms with van der Waals surface area (Å²) in [5, 5.41) is 0.825. The molecular weight excluding hydrogens is 233 g/mol. The molecule has 0 N–H and O–H groups in total. The molecule has 1 rings (SSSR count). The summed E-state index contributed by atoms with van der Waals surface area (Å²) in [6.07, 6.45) is 0. The Hall–Kier alpha value is -0.630. The first-order valence-electron chi connectivity index (χ1n) is 6.16. The maximum atomic E-state index is 13.1. The second kappa shape index (κ2) is 6.34. The fourth-order valence-corrected chi connectivity index (χ4v) is 4.45. The molecule has 0 heterocycles. The smallest absolute Gasteiger partial charge is 0.302 e. The van der Waals surface area contributed by atoms with Crippen LogP contribution in [0.25, 0.3) is 0 Å². The molecule has 4 heteroatoms. The summed E-state index contributed by atoms with van der Waals surface area (Å²) in [6, 6.07) is 7.75. The van der Waals surface area contributed by atoms with Crippen LogP contribution < -0.4 is 5.30 Å². The number of aryl methyl sites for hydroxylation is 1. The SMILES string of the molecule is CCOP(=O)(c1ccccc1C)N(CC)CC. The zero-order valence-electron chi connectivity index (χ0n) is 11.1. The van der Waals surface area contributed by atoms with Crippen LogP contribution in [0.1, 0.15) is 26.3 Å². The lowest BCUT2D eigenvalue weighted by molar-refractivity contribution is 0.287. The number of nitrogens with zero attached hydrogens (tertiary/aromatic N) is 1. The van der Waals surface area contributed by atoms with Gasteiger partial charge < -0.3 is 4.52 Å². The first-order chi connectivity index (χ1) is 8.10. The number of benzene rings is 1. The molecule has 0 aliphatic heterocycles. The normalized spacial score (nSPS) is 14.9. The number of rotatable bonds is 6. The van der Waals surface area contributed by atoms with E-state index in [1.165, 1.54) is 0 Å². The molecule has 17 heavy (non-hydrogen) atoms. The molecular formula is C13H22NO2P. The molecule has 0 saturated heterocycles. The second-order valence-electron chi connectivity index (χ2n) is 3.86. The third kappa shape index (κ3) is 2.98. The Kier molecular flexibility index (Phi) is 5.38. The molecule has 1 aromatic carbocycles. The van der Waals surface area contributed by atoms with Gasteiger partial charge in [0.05, 0.1) is 11.9 Å². The zero-order chi connectivity index (χ0) is 12.9. The van der Waals surface area contributed by atoms with E-state index in [4.69, 9.17) is 4.52 Å². The van der Waals surface area contributed by atoms with E-state index in [1.54, 1.807) is 0 Å². The van der Waals surface area contributed by atoms with Crippen molar-refractivity contribution in [2.24, 2.45) is 0 Å². The van der Waals surface area contributed by atoms with E-state index in [0.717, 1.165) is 24.0 Å². The largest absolute Gasteiger partial charge is 0.314 e. The predicted octanol–water partition coefficient (Wildman–Crippen LogP) is 3.19. The Morgan fingerprint density at radius 2 is 1.76 bits per heavy atom. The summed E-state index contributed by atoms with van der Waals surface area (Å²) in [6.45, 7) is 9.78. The molecule has 1 aromatic rings. The van der Waals surface area contributed by atoms with Gasteiger partial charge in [-0.25, -0.2) is 4.67 Å². The first-order valence-corrected chi connectivity index (χ1v) is 7.74. The van der Waals surface area contributed by atoms with Gasteiger partial charge in [-0.3, -0.25) is 4.57 Å². The van der Waals surface area contributed by atoms with Crippen LogP contribution in [0.2, 0.25) is 0 Å². The van der Waals surface area contributed by atoms with Crippen molar-refractivity contribution in [1.29, 1.82) is 0 Å². The van der Waals surface area contributed by atoms with Gasteiger partial charge in [-0.15, -0.1) is 0 Å². The van der Waals surface area contributed by atoms with Crippen LogP contribution in [0.15, 0.2) is 24.3 Å². The molecule has 0 aromatic heterocycles. The molecule has 0 amide bonds. The highest BCUT2D eigenvalue weighted by Crippen LogP contribution is 2.49. The summed E-state index contributed by atoms with van der Waals surface area (Å²) < 4.78 is 20.6. The van der Waals surface area contributed by atoms with Gasteiger partial charge in [0.15, 0.2) is 0 Å². The van der Waals surface area contributed by atoms with Crippen molar-refractivity contribution in [3.05, 3.63) is 29.8 Å². The van der Waals surface area contributed by atoms with Crippen molar-refractivity contribution in [2.45, 2.75) is 27.7 Å². The first kappa shape index (κ1) is 14.4. The Balaban J connectivity index is 3.25. The zero-order valence-corrected chi connectivity index (χ0v) is 12.0. The fourth-order valence-electron chi connectivity index (χ4n) is 1.95. The molecule has 0 spiro atoms. The van der Waals surface area contributed by atoms with Crippen LogP contribution in [-0.2, 0) is 9.09 Å². The monoisotopic (exact) mass is 255 g/mol. The van der Waals surface area contributed by atoms with Gasteiger partial charge in [0.1, 0.15) is 0 Å².